The standard InChI is InChI=1S/C19H24N2/c1-2-20-15-18-9-5-6-10-19(18)21-13-11-16-7-3-4-8-17(16)12-14-21/h3-10,20H,2,11-15H2,1H3. The molecule has 1 aliphatic heterocycles. The van der Waals surface area contributed by atoms with Gasteiger partial charge in [-0.15, -0.1) is 0 Å². The number of nitrogens with one attached hydrogen (secondary N) is 1. The SMILES string of the molecule is CCNCc1ccccc1N1CCc2ccccc2CC1. The summed E-state index contributed by atoms with van der Waals surface area (Å²) >= 11 is 0. The molecule has 0 saturated carbocycles. The molecule has 1 N–H and O–H groups in total. The highest BCUT2D eigenvalue weighted by Crippen LogP contribution is 2.24. The van der Waals surface area contributed by atoms with E-state index < -0.39 is 0 Å². The number of anilines is 1. The highest BCUT2D eigenvalue weighted by Gasteiger charge is 2.15. The Labute approximate surface area is 127 Å². The number of para-hydroxylation sites is 1. The van der Waals surface area contributed by atoms with Gasteiger partial charge in [0.2, 0.25) is 0 Å². The fourth-order valence-electron chi connectivity index (χ4n) is 3.14. The predicted octanol–water partition coefficient (Wildman–Crippen LogP) is 3.40. The monoisotopic (exact) mass is 280 g/mol. The average Bonchev–Trinajstić information content (AvgIpc) is 2.76. The van der Waals surface area contributed by atoms with E-state index in [9.17, 15) is 0 Å². The smallest absolute Gasteiger partial charge is 0.0412 e. The normalized spacial score (nSPS) is 14.6. The third kappa shape index (κ3) is 3.27. The van der Waals surface area contributed by atoms with Gasteiger partial charge in [-0.25, -0.2) is 0 Å². The van der Waals surface area contributed by atoms with Crippen LogP contribution in [0.3, 0.4) is 0 Å². The van der Waals surface area contributed by atoms with Crippen molar-refractivity contribution in [3.8, 4) is 0 Å². The summed E-state index contributed by atoms with van der Waals surface area (Å²) in [6, 6.07) is 17.7. The molecule has 0 fully saturated rings. The van der Waals surface area contributed by atoms with E-state index in [1.807, 2.05) is 0 Å². The van der Waals surface area contributed by atoms with Crippen LogP contribution in [-0.2, 0) is 19.4 Å². The number of rotatable bonds is 4. The third-order valence-electron chi connectivity index (χ3n) is 4.32. The second-order valence-corrected chi connectivity index (χ2v) is 5.66. The van der Waals surface area contributed by atoms with Crippen LogP contribution in [-0.4, -0.2) is 19.6 Å². The van der Waals surface area contributed by atoms with Gasteiger partial charge in [-0.2, -0.15) is 0 Å². The van der Waals surface area contributed by atoms with Crippen LogP contribution in [0.1, 0.15) is 23.6 Å². The maximum absolute atomic E-state index is 3.45. The maximum Gasteiger partial charge on any atom is 0.0412 e. The third-order valence-corrected chi connectivity index (χ3v) is 4.32. The van der Waals surface area contributed by atoms with Crippen LogP contribution >= 0.6 is 0 Å². The molecule has 0 atom stereocenters. The largest absolute Gasteiger partial charge is 0.371 e. The molecule has 2 aromatic rings. The molecule has 0 aliphatic carbocycles. The first-order valence-electron chi connectivity index (χ1n) is 7.99. The van der Waals surface area contributed by atoms with E-state index in [0.717, 1.165) is 39.0 Å². The summed E-state index contributed by atoms with van der Waals surface area (Å²) in [5.41, 5.74) is 5.84. The lowest BCUT2D eigenvalue weighted by molar-refractivity contribution is 0.717. The molecular weight excluding hydrogens is 256 g/mol. The lowest BCUT2D eigenvalue weighted by Gasteiger charge is -2.25. The van der Waals surface area contributed by atoms with Gasteiger partial charge in [0.05, 0.1) is 0 Å². The summed E-state index contributed by atoms with van der Waals surface area (Å²) in [6.07, 6.45) is 2.29. The summed E-state index contributed by atoms with van der Waals surface area (Å²) in [4.78, 5) is 2.55. The van der Waals surface area contributed by atoms with Crippen LogP contribution in [0.4, 0.5) is 5.69 Å². The Bertz CT molecular complexity index is 565. The minimum Gasteiger partial charge on any atom is -0.371 e. The quantitative estimate of drug-likeness (QED) is 0.923. The molecule has 0 unspecified atom stereocenters. The van der Waals surface area contributed by atoms with Crippen LogP contribution in [0.15, 0.2) is 48.5 Å². The Morgan fingerprint density at radius 2 is 1.52 bits per heavy atom. The van der Waals surface area contributed by atoms with Crippen molar-refractivity contribution in [3.05, 3.63) is 65.2 Å². The van der Waals surface area contributed by atoms with Crippen LogP contribution in [0, 0.1) is 0 Å². The van der Waals surface area contributed by atoms with Gasteiger partial charge in [0, 0.05) is 25.3 Å². The molecule has 110 valence electrons. The molecule has 0 radical (unpaired) electrons. The van der Waals surface area contributed by atoms with Crippen molar-refractivity contribution in [3.63, 3.8) is 0 Å². The highest BCUT2D eigenvalue weighted by molar-refractivity contribution is 5.54. The number of benzene rings is 2. The van der Waals surface area contributed by atoms with Crippen LogP contribution in [0.25, 0.3) is 0 Å². The topological polar surface area (TPSA) is 15.3 Å². The summed E-state index contributed by atoms with van der Waals surface area (Å²) in [5.74, 6) is 0. The van der Waals surface area contributed by atoms with Crippen LogP contribution in [0.5, 0.6) is 0 Å². The molecule has 0 aromatic heterocycles. The molecule has 0 saturated heterocycles. The summed E-state index contributed by atoms with van der Waals surface area (Å²) in [5, 5.41) is 3.45. The maximum atomic E-state index is 3.45. The minimum atomic E-state index is 0.954. The van der Waals surface area contributed by atoms with Gasteiger partial charge in [-0.05, 0) is 42.1 Å². The molecule has 2 nitrogen and oxygen atoms in total. The van der Waals surface area contributed by atoms with Gasteiger partial charge in [-0.1, -0.05) is 49.4 Å². The van der Waals surface area contributed by atoms with Gasteiger partial charge in [-0.3, -0.25) is 0 Å². The van der Waals surface area contributed by atoms with E-state index >= 15 is 0 Å². The Morgan fingerprint density at radius 3 is 2.19 bits per heavy atom. The van der Waals surface area contributed by atoms with E-state index in [1.54, 1.807) is 0 Å². The van der Waals surface area contributed by atoms with Crippen molar-refractivity contribution in [2.75, 3.05) is 24.5 Å². The van der Waals surface area contributed by atoms with Gasteiger partial charge in [0.25, 0.3) is 0 Å². The Hall–Kier alpha value is -1.80. The van der Waals surface area contributed by atoms with Gasteiger partial charge < -0.3 is 10.2 Å². The van der Waals surface area contributed by atoms with Gasteiger partial charge in [0.1, 0.15) is 0 Å². The number of nitrogens with zero attached hydrogens (tertiary/aromatic N) is 1. The van der Waals surface area contributed by atoms with E-state index in [-0.39, 0.29) is 0 Å². The van der Waals surface area contributed by atoms with Gasteiger partial charge in [0.15, 0.2) is 0 Å². The summed E-state index contributed by atoms with van der Waals surface area (Å²) in [7, 11) is 0. The summed E-state index contributed by atoms with van der Waals surface area (Å²) in [6.45, 7) is 6.35. The molecular formula is C19H24N2. The minimum absolute atomic E-state index is 0.954. The molecule has 2 heteroatoms. The van der Waals surface area contributed by atoms with Gasteiger partial charge >= 0.3 is 0 Å². The van der Waals surface area contributed by atoms with E-state index in [2.05, 4.69) is 65.7 Å². The van der Waals surface area contributed by atoms with Crippen molar-refractivity contribution in [1.29, 1.82) is 0 Å². The van der Waals surface area contributed by atoms with E-state index in [0.29, 0.717) is 0 Å². The van der Waals surface area contributed by atoms with E-state index in [1.165, 1.54) is 22.4 Å². The van der Waals surface area contributed by atoms with Crippen LogP contribution < -0.4 is 10.2 Å². The predicted molar refractivity (Wildman–Crippen MR) is 89.9 cm³/mol. The molecule has 2 aromatic carbocycles. The Kier molecular flexibility index (Phi) is 4.56. The number of fused-ring (bicyclic) bond motifs is 1. The van der Waals surface area contributed by atoms with Crippen molar-refractivity contribution >= 4 is 5.69 Å². The molecule has 3 rings (SSSR count). The van der Waals surface area contributed by atoms with Crippen molar-refractivity contribution in [1.82, 2.24) is 5.32 Å². The average molecular weight is 280 g/mol. The molecule has 1 aliphatic rings. The number of hydrogen-bond acceptors (Lipinski definition) is 2. The Balaban J connectivity index is 1.79. The molecule has 0 bridgehead atoms. The second kappa shape index (κ2) is 6.77. The number of hydrogen-bond donors (Lipinski definition) is 1. The lowest BCUT2D eigenvalue weighted by Crippen LogP contribution is -2.28. The fourth-order valence-corrected chi connectivity index (χ4v) is 3.14. The second-order valence-electron chi connectivity index (χ2n) is 5.66. The Morgan fingerprint density at radius 1 is 0.905 bits per heavy atom. The first-order valence-corrected chi connectivity index (χ1v) is 7.99. The zero-order chi connectivity index (χ0) is 14.5. The molecule has 0 spiro atoms. The van der Waals surface area contributed by atoms with Crippen LogP contribution in [0.2, 0.25) is 0 Å². The van der Waals surface area contributed by atoms with Crippen molar-refractivity contribution in [2.24, 2.45) is 0 Å². The summed E-state index contributed by atoms with van der Waals surface area (Å²) < 4.78 is 0. The zero-order valence-electron chi connectivity index (χ0n) is 12.8. The lowest BCUT2D eigenvalue weighted by atomic mass is 10.0. The van der Waals surface area contributed by atoms with Crippen molar-refractivity contribution in [2.45, 2.75) is 26.3 Å². The first kappa shape index (κ1) is 14.2. The zero-order valence-corrected chi connectivity index (χ0v) is 12.8. The molecule has 1 heterocycles. The van der Waals surface area contributed by atoms with Crippen molar-refractivity contribution < 1.29 is 0 Å². The van der Waals surface area contributed by atoms with E-state index in [4.69, 9.17) is 0 Å². The molecule has 21 heavy (non-hydrogen) atoms. The highest BCUT2D eigenvalue weighted by atomic mass is 15.1. The molecule has 0 amide bonds. The first-order chi connectivity index (χ1) is 10.4. The fraction of sp³-hybridized carbons (Fsp3) is 0.368.